The molecule has 0 heterocycles. The van der Waals surface area contributed by atoms with Gasteiger partial charge >= 0.3 is 5.69 Å². The van der Waals surface area contributed by atoms with E-state index in [1.54, 1.807) is 18.2 Å². The van der Waals surface area contributed by atoms with Gasteiger partial charge in [-0.2, -0.15) is 0 Å². The largest absolute Gasteiger partial charge is 0.490 e. The number of hydrogen-bond donors (Lipinski definition) is 2. The summed E-state index contributed by atoms with van der Waals surface area (Å²) in [6, 6.07) is 19.7. The lowest BCUT2D eigenvalue weighted by atomic mass is 10.1. The Morgan fingerprint density at radius 3 is 2.60 bits per heavy atom. The molecule has 0 fully saturated rings. The number of nitro groups is 1. The van der Waals surface area contributed by atoms with E-state index in [9.17, 15) is 14.9 Å². The third-order valence-electron chi connectivity index (χ3n) is 4.70. The van der Waals surface area contributed by atoms with Gasteiger partial charge in [0.1, 0.15) is 0 Å². The molecule has 0 radical (unpaired) electrons. The van der Waals surface area contributed by atoms with E-state index in [0.717, 1.165) is 17.7 Å². The Labute approximate surface area is 174 Å². The third kappa shape index (κ3) is 4.94. The molecule has 0 atom stereocenters. The smallest absolute Gasteiger partial charge is 0.312 e. The van der Waals surface area contributed by atoms with Crippen molar-refractivity contribution in [3.63, 3.8) is 0 Å². The van der Waals surface area contributed by atoms with Crippen molar-refractivity contribution in [2.75, 3.05) is 17.7 Å². The SMILES string of the molecule is CCc1ccccc1NCc1cccc(C(=O)Nc2ccc(OC)c([N+](=O)[O-])c2)c1. The summed E-state index contributed by atoms with van der Waals surface area (Å²) >= 11 is 0. The van der Waals surface area contributed by atoms with Gasteiger partial charge in [-0.3, -0.25) is 14.9 Å². The van der Waals surface area contributed by atoms with Crippen LogP contribution in [0.1, 0.15) is 28.4 Å². The molecule has 0 aliphatic rings. The lowest BCUT2D eigenvalue weighted by molar-refractivity contribution is -0.385. The summed E-state index contributed by atoms with van der Waals surface area (Å²) in [5, 5.41) is 17.3. The fraction of sp³-hybridized carbons (Fsp3) is 0.174. The molecular weight excluding hydrogens is 382 g/mol. The minimum Gasteiger partial charge on any atom is -0.490 e. The Morgan fingerprint density at radius 2 is 1.87 bits per heavy atom. The van der Waals surface area contributed by atoms with Crippen molar-refractivity contribution >= 4 is 23.0 Å². The average molecular weight is 405 g/mol. The molecule has 30 heavy (non-hydrogen) atoms. The van der Waals surface area contributed by atoms with Gasteiger partial charge in [-0.05, 0) is 47.9 Å². The quantitative estimate of drug-likeness (QED) is 0.405. The van der Waals surface area contributed by atoms with Crippen LogP contribution in [-0.4, -0.2) is 17.9 Å². The number of hydrogen-bond acceptors (Lipinski definition) is 5. The molecule has 3 rings (SSSR count). The van der Waals surface area contributed by atoms with Crippen LogP contribution in [0.3, 0.4) is 0 Å². The van der Waals surface area contributed by atoms with E-state index in [0.29, 0.717) is 17.8 Å². The predicted molar refractivity (Wildman–Crippen MR) is 117 cm³/mol. The van der Waals surface area contributed by atoms with Crippen molar-refractivity contribution in [3.8, 4) is 5.75 Å². The molecular formula is C23H23N3O4. The molecule has 7 heteroatoms. The number of rotatable bonds is 8. The summed E-state index contributed by atoms with van der Waals surface area (Å²) in [6.45, 7) is 2.68. The highest BCUT2D eigenvalue weighted by Gasteiger charge is 2.16. The average Bonchev–Trinajstić information content (AvgIpc) is 2.78. The topological polar surface area (TPSA) is 93.5 Å². The summed E-state index contributed by atoms with van der Waals surface area (Å²) < 4.78 is 4.99. The monoisotopic (exact) mass is 405 g/mol. The van der Waals surface area contributed by atoms with E-state index in [4.69, 9.17) is 4.74 Å². The van der Waals surface area contributed by atoms with Crippen LogP contribution < -0.4 is 15.4 Å². The van der Waals surface area contributed by atoms with Crippen LogP contribution in [0, 0.1) is 10.1 Å². The number of aryl methyl sites for hydroxylation is 1. The van der Waals surface area contributed by atoms with Crippen LogP contribution in [0.4, 0.5) is 17.1 Å². The molecule has 7 nitrogen and oxygen atoms in total. The molecule has 0 aliphatic heterocycles. The molecule has 0 bridgehead atoms. The minimum atomic E-state index is -0.547. The Morgan fingerprint density at radius 1 is 1.07 bits per heavy atom. The van der Waals surface area contributed by atoms with Crippen LogP contribution in [0.25, 0.3) is 0 Å². The normalized spacial score (nSPS) is 10.3. The highest BCUT2D eigenvalue weighted by atomic mass is 16.6. The molecule has 1 amide bonds. The van der Waals surface area contributed by atoms with E-state index in [1.807, 2.05) is 30.3 Å². The van der Waals surface area contributed by atoms with Crippen LogP contribution >= 0.6 is 0 Å². The molecule has 154 valence electrons. The number of amides is 1. The van der Waals surface area contributed by atoms with Crippen LogP contribution in [0.15, 0.2) is 66.7 Å². The summed E-state index contributed by atoms with van der Waals surface area (Å²) in [4.78, 5) is 23.3. The van der Waals surface area contributed by atoms with Crippen molar-refractivity contribution in [2.45, 2.75) is 19.9 Å². The number of nitrogens with zero attached hydrogens (tertiary/aromatic N) is 1. The van der Waals surface area contributed by atoms with Gasteiger partial charge < -0.3 is 15.4 Å². The highest BCUT2D eigenvalue weighted by Crippen LogP contribution is 2.29. The van der Waals surface area contributed by atoms with E-state index in [1.165, 1.54) is 24.8 Å². The van der Waals surface area contributed by atoms with Gasteiger partial charge in [-0.25, -0.2) is 0 Å². The second kappa shape index (κ2) is 9.56. The number of nitrogens with one attached hydrogen (secondary N) is 2. The highest BCUT2D eigenvalue weighted by molar-refractivity contribution is 6.04. The Balaban J connectivity index is 1.72. The number of ether oxygens (including phenoxy) is 1. The Kier molecular flexibility index (Phi) is 6.64. The van der Waals surface area contributed by atoms with E-state index < -0.39 is 4.92 Å². The third-order valence-corrected chi connectivity index (χ3v) is 4.70. The zero-order chi connectivity index (χ0) is 21.5. The fourth-order valence-electron chi connectivity index (χ4n) is 3.13. The van der Waals surface area contributed by atoms with Crippen molar-refractivity contribution in [3.05, 3.63) is 93.5 Å². The minimum absolute atomic E-state index is 0.137. The summed E-state index contributed by atoms with van der Waals surface area (Å²) in [7, 11) is 1.36. The lowest BCUT2D eigenvalue weighted by Crippen LogP contribution is -2.13. The first-order chi connectivity index (χ1) is 14.5. The Bertz CT molecular complexity index is 1070. The maximum Gasteiger partial charge on any atom is 0.312 e. The maximum atomic E-state index is 12.6. The van der Waals surface area contributed by atoms with Crippen molar-refractivity contribution in [1.82, 2.24) is 0 Å². The second-order valence-electron chi connectivity index (χ2n) is 6.66. The molecule has 0 aromatic heterocycles. The van der Waals surface area contributed by atoms with Crippen molar-refractivity contribution < 1.29 is 14.5 Å². The summed E-state index contributed by atoms with van der Waals surface area (Å²) in [5.41, 5.74) is 3.84. The zero-order valence-corrected chi connectivity index (χ0v) is 16.8. The van der Waals surface area contributed by atoms with E-state index in [-0.39, 0.29) is 17.3 Å². The van der Waals surface area contributed by atoms with Crippen molar-refractivity contribution in [2.24, 2.45) is 0 Å². The van der Waals surface area contributed by atoms with Gasteiger partial charge in [0.05, 0.1) is 12.0 Å². The number of anilines is 2. The van der Waals surface area contributed by atoms with Gasteiger partial charge in [0, 0.05) is 29.5 Å². The van der Waals surface area contributed by atoms with Gasteiger partial charge in [0.15, 0.2) is 5.75 Å². The van der Waals surface area contributed by atoms with Gasteiger partial charge in [0.2, 0.25) is 0 Å². The summed E-state index contributed by atoms with van der Waals surface area (Å²) in [5.74, 6) is -0.205. The number of methoxy groups -OCH3 is 1. The standard InChI is InChI=1S/C23H23N3O4/c1-3-17-8-4-5-10-20(17)24-15-16-7-6-9-18(13-16)23(27)25-19-11-12-22(30-2)21(14-19)26(28)29/h4-14,24H,3,15H2,1-2H3,(H,25,27). The Hall–Kier alpha value is -3.87. The van der Waals surface area contributed by atoms with Gasteiger partial charge in [-0.1, -0.05) is 37.3 Å². The molecule has 0 unspecified atom stereocenters. The predicted octanol–water partition coefficient (Wildman–Crippen LogP) is 5.03. The lowest BCUT2D eigenvalue weighted by Gasteiger charge is -2.12. The number of carbonyl (C=O) groups is 1. The van der Waals surface area contributed by atoms with Gasteiger partial charge in [-0.15, -0.1) is 0 Å². The first-order valence-corrected chi connectivity index (χ1v) is 9.56. The maximum absolute atomic E-state index is 12.6. The van der Waals surface area contributed by atoms with Crippen LogP contribution in [-0.2, 0) is 13.0 Å². The van der Waals surface area contributed by atoms with E-state index >= 15 is 0 Å². The summed E-state index contributed by atoms with van der Waals surface area (Å²) in [6.07, 6.45) is 0.930. The van der Waals surface area contributed by atoms with E-state index in [2.05, 4.69) is 23.6 Å². The number of carbonyl (C=O) groups excluding carboxylic acids is 1. The molecule has 2 N–H and O–H groups in total. The van der Waals surface area contributed by atoms with Crippen molar-refractivity contribution in [1.29, 1.82) is 0 Å². The number of para-hydroxylation sites is 1. The van der Waals surface area contributed by atoms with Crippen LogP contribution in [0.5, 0.6) is 5.75 Å². The first-order valence-electron chi connectivity index (χ1n) is 9.56. The molecule has 0 saturated heterocycles. The van der Waals surface area contributed by atoms with Crippen LogP contribution in [0.2, 0.25) is 0 Å². The fourth-order valence-corrected chi connectivity index (χ4v) is 3.13. The molecule has 3 aromatic rings. The molecule has 0 spiro atoms. The first kappa shape index (κ1) is 20.9. The molecule has 0 aliphatic carbocycles. The molecule has 3 aromatic carbocycles. The zero-order valence-electron chi connectivity index (χ0n) is 16.8. The van der Waals surface area contributed by atoms with Gasteiger partial charge in [0.25, 0.3) is 5.91 Å². The second-order valence-corrected chi connectivity index (χ2v) is 6.66. The molecule has 0 saturated carbocycles. The number of nitro benzene ring substituents is 1. The number of benzene rings is 3.